The van der Waals surface area contributed by atoms with Gasteiger partial charge in [-0.15, -0.1) is 0 Å². The minimum absolute atomic E-state index is 0.0492. The van der Waals surface area contributed by atoms with Crippen LogP contribution in [0.3, 0.4) is 0 Å². The van der Waals surface area contributed by atoms with Gasteiger partial charge in [0.2, 0.25) is 0 Å². The summed E-state index contributed by atoms with van der Waals surface area (Å²) in [5, 5.41) is 0. The highest BCUT2D eigenvalue weighted by molar-refractivity contribution is 5.76. The van der Waals surface area contributed by atoms with Gasteiger partial charge in [0, 0.05) is 0 Å². The molecule has 0 spiro atoms. The molecule has 0 saturated carbocycles. The minimum Gasteiger partial charge on any atom is -0.466 e. The third kappa shape index (κ3) is 2.71. The van der Waals surface area contributed by atoms with Gasteiger partial charge in [0.1, 0.15) is 0 Å². The van der Waals surface area contributed by atoms with E-state index in [0.29, 0.717) is 12.5 Å². The molecule has 0 N–H and O–H groups in total. The molecule has 2 nitrogen and oxygen atoms in total. The second-order valence-electron chi connectivity index (χ2n) is 3.80. The molecule has 78 valence electrons. The van der Waals surface area contributed by atoms with Crippen LogP contribution in [0.4, 0.5) is 0 Å². The van der Waals surface area contributed by atoms with Gasteiger partial charge in [-0.2, -0.15) is 0 Å². The van der Waals surface area contributed by atoms with E-state index in [2.05, 4.69) is 13.8 Å². The summed E-state index contributed by atoms with van der Waals surface area (Å²) in [5.41, 5.74) is -0.301. The van der Waals surface area contributed by atoms with E-state index >= 15 is 0 Å². The van der Waals surface area contributed by atoms with Crippen molar-refractivity contribution in [2.24, 2.45) is 11.3 Å². The molecule has 0 aliphatic rings. The SMILES string of the molecule is CCOC(=O)C(C)(CC)C(C)CC. The molecule has 0 fully saturated rings. The number of carbonyl (C=O) groups is 1. The maximum Gasteiger partial charge on any atom is 0.312 e. The van der Waals surface area contributed by atoms with E-state index in [1.165, 1.54) is 0 Å². The molecule has 0 bridgehead atoms. The van der Waals surface area contributed by atoms with Gasteiger partial charge < -0.3 is 4.74 Å². The zero-order chi connectivity index (χ0) is 10.5. The maximum atomic E-state index is 11.7. The third-order valence-corrected chi connectivity index (χ3v) is 3.18. The van der Waals surface area contributed by atoms with Crippen LogP contribution in [0, 0.1) is 11.3 Å². The first kappa shape index (κ1) is 12.5. The van der Waals surface area contributed by atoms with Gasteiger partial charge in [-0.05, 0) is 26.2 Å². The fourth-order valence-corrected chi connectivity index (χ4v) is 1.44. The van der Waals surface area contributed by atoms with Crippen molar-refractivity contribution >= 4 is 5.97 Å². The summed E-state index contributed by atoms with van der Waals surface area (Å²) < 4.78 is 5.08. The largest absolute Gasteiger partial charge is 0.466 e. The molecule has 0 amide bonds. The zero-order valence-electron chi connectivity index (χ0n) is 9.52. The van der Waals surface area contributed by atoms with Gasteiger partial charge in [0.05, 0.1) is 12.0 Å². The van der Waals surface area contributed by atoms with Crippen LogP contribution in [0.5, 0.6) is 0 Å². The summed E-state index contributed by atoms with van der Waals surface area (Å²) in [4.78, 5) is 11.7. The van der Waals surface area contributed by atoms with Gasteiger partial charge in [0.25, 0.3) is 0 Å². The van der Waals surface area contributed by atoms with Gasteiger partial charge in [-0.1, -0.05) is 27.2 Å². The Hall–Kier alpha value is -0.530. The van der Waals surface area contributed by atoms with E-state index in [9.17, 15) is 4.79 Å². The Labute approximate surface area is 81.7 Å². The van der Waals surface area contributed by atoms with Crippen molar-refractivity contribution in [3.63, 3.8) is 0 Å². The monoisotopic (exact) mass is 186 g/mol. The molecule has 2 unspecified atom stereocenters. The summed E-state index contributed by atoms with van der Waals surface area (Å²) in [6.07, 6.45) is 1.87. The van der Waals surface area contributed by atoms with Crippen LogP contribution in [0.25, 0.3) is 0 Å². The van der Waals surface area contributed by atoms with Crippen LogP contribution >= 0.6 is 0 Å². The number of carbonyl (C=O) groups excluding carboxylic acids is 1. The Balaban J connectivity index is 4.51. The minimum atomic E-state index is -0.301. The fourth-order valence-electron chi connectivity index (χ4n) is 1.44. The van der Waals surface area contributed by atoms with Crippen LogP contribution in [0.2, 0.25) is 0 Å². The molecule has 0 radical (unpaired) electrons. The van der Waals surface area contributed by atoms with Gasteiger partial charge in [-0.3, -0.25) is 4.79 Å². The molecule has 0 aromatic carbocycles. The molecule has 0 aromatic heterocycles. The number of rotatable bonds is 5. The van der Waals surface area contributed by atoms with Gasteiger partial charge >= 0.3 is 5.97 Å². The van der Waals surface area contributed by atoms with Crippen molar-refractivity contribution in [3.05, 3.63) is 0 Å². The second kappa shape index (κ2) is 5.25. The Kier molecular flexibility index (Phi) is 5.04. The lowest BCUT2D eigenvalue weighted by Crippen LogP contribution is -2.35. The van der Waals surface area contributed by atoms with Crippen molar-refractivity contribution in [3.8, 4) is 0 Å². The molecule has 13 heavy (non-hydrogen) atoms. The normalized spacial score (nSPS) is 17.6. The molecule has 0 rings (SSSR count). The second-order valence-corrected chi connectivity index (χ2v) is 3.80. The topological polar surface area (TPSA) is 26.3 Å². The molecular weight excluding hydrogens is 164 g/mol. The Morgan fingerprint density at radius 3 is 2.23 bits per heavy atom. The molecule has 0 aromatic rings. The average Bonchev–Trinajstić information content (AvgIpc) is 2.15. The highest BCUT2D eigenvalue weighted by atomic mass is 16.5. The summed E-state index contributed by atoms with van der Waals surface area (Å²) >= 11 is 0. The van der Waals surface area contributed by atoms with Crippen molar-refractivity contribution in [1.29, 1.82) is 0 Å². The van der Waals surface area contributed by atoms with Crippen LogP contribution in [0.15, 0.2) is 0 Å². The Morgan fingerprint density at radius 1 is 1.38 bits per heavy atom. The van der Waals surface area contributed by atoms with Crippen LogP contribution in [0.1, 0.15) is 47.5 Å². The Bertz CT molecular complexity index is 165. The summed E-state index contributed by atoms with van der Waals surface area (Å²) in [5.74, 6) is 0.336. The standard InChI is InChI=1S/C11H22O2/c1-6-9(4)11(5,7-2)10(12)13-8-3/h9H,6-8H2,1-5H3. The average molecular weight is 186 g/mol. The first-order chi connectivity index (χ1) is 6.02. The van der Waals surface area contributed by atoms with E-state index in [-0.39, 0.29) is 11.4 Å². The number of esters is 1. The van der Waals surface area contributed by atoms with Crippen molar-refractivity contribution in [1.82, 2.24) is 0 Å². The lowest BCUT2D eigenvalue weighted by atomic mass is 9.74. The number of hydrogen-bond acceptors (Lipinski definition) is 2. The fraction of sp³-hybridized carbons (Fsp3) is 0.909. The number of ether oxygens (including phenoxy) is 1. The summed E-state index contributed by atoms with van der Waals surface area (Å²) in [6.45, 7) is 10.6. The van der Waals surface area contributed by atoms with Crippen LogP contribution < -0.4 is 0 Å². The van der Waals surface area contributed by atoms with Crippen LogP contribution in [-0.2, 0) is 9.53 Å². The highest BCUT2D eigenvalue weighted by Gasteiger charge is 2.37. The smallest absolute Gasteiger partial charge is 0.312 e. The predicted octanol–water partition coefficient (Wildman–Crippen LogP) is 3.01. The van der Waals surface area contributed by atoms with Gasteiger partial charge in [0.15, 0.2) is 0 Å². The van der Waals surface area contributed by atoms with Crippen molar-refractivity contribution < 1.29 is 9.53 Å². The summed E-state index contributed by atoms with van der Waals surface area (Å²) in [6, 6.07) is 0. The zero-order valence-corrected chi connectivity index (χ0v) is 9.52. The Morgan fingerprint density at radius 2 is 1.92 bits per heavy atom. The highest BCUT2D eigenvalue weighted by Crippen LogP contribution is 2.34. The lowest BCUT2D eigenvalue weighted by molar-refractivity contribution is -0.158. The molecule has 2 atom stereocenters. The molecule has 0 saturated heterocycles. The first-order valence-electron chi connectivity index (χ1n) is 5.20. The maximum absolute atomic E-state index is 11.7. The van der Waals surface area contributed by atoms with E-state index in [1.807, 2.05) is 20.8 Å². The number of hydrogen-bond donors (Lipinski definition) is 0. The van der Waals surface area contributed by atoms with Gasteiger partial charge in [-0.25, -0.2) is 0 Å². The quantitative estimate of drug-likeness (QED) is 0.617. The van der Waals surface area contributed by atoms with Crippen LogP contribution in [-0.4, -0.2) is 12.6 Å². The van der Waals surface area contributed by atoms with E-state index in [4.69, 9.17) is 4.74 Å². The lowest BCUT2D eigenvalue weighted by Gasteiger charge is -2.31. The van der Waals surface area contributed by atoms with Crippen molar-refractivity contribution in [2.75, 3.05) is 6.61 Å². The van der Waals surface area contributed by atoms with Crippen molar-refractivity contribution in [2.45, 2.75) is 47.5 Å². The van der Waals surface area contributed by atoms with E-state index in [0.717, 1.165) is 12.8 Å². The molecule has 0 heterocycles. The molecule has 2 heteroatoms. The molecular formula is C11H22O2. The molecule has 0 aliphatic heterocycles. The molecule has 0 aliphatic carbocycles. The van der Waals surface area contributed by atoms with E-state index < -0.39 is 0 Å². The predicted molar refractivity (Wildman–Crippen MR) is 54.5 cm³/mol. The van der Waals surface area contributed by atoms with E-state index in [1.54, 1.807) is 0 Å². The first-order valence-corrected chi connectivity index (χ1v) is 5.20. The third-order valence-electron chi connectivity index (χ3n) is 3.18. The summed E-state index contributed by atoms with van der Waals surface area (Å²) in [7, 11) is 0.